The van der Waals surface area contributed by atoms with E-state index in [9.17, 15) is 18.0 Å². The Morgan fingerprint density at radius 3 is 2.14 bits per heavy atom. The van der Waals surface area contributed by atoms with Crippen molar-refractivity contribution in [2.45, 2.75) is 31.2 Å². The van der Waals surface area contributed by atoms with Gasteiger partial charge in [0.1, 0.15) is 6.04 Å². The number of carbonyl (C=O) groups excluding carboxylic acids is 1. The second-order valence-corrected chi connectivity index (χ2v) is 7.11. The number of hydrogen-bond donors (Lipinski definition) is 3. The fourth-order valence-electron chi connectivity index (χ4n) is 1.84. The summed E-state index contributed by atoms with van der Waals surface area (Å²) in [4.78, 5) is 23.2. The first-order valence-electron chi connectivity index (χ1n) is 6.74. The number of amides is 1. The number of carboxylic acid groups (broad SMARTS) is 1. The molecule has 0 heterocycles. The van der Waals surface area contributed by atoms with Crippen molar-refractivity contribution >= 4 is 21.9 Å². The van der Waals surface area contributed by atoms with Gasteiger partial charge in [-0.25, -0.2) is 17.9 Å². The van der Waals surface area contributed by atoms with Gasteiger partial charge >= 0.3 is 5.97 Å². The van der Waals surface area contributed by atoms with Crippen molar-refractivity contribution in [2.75, 3.05) is 7.05 Å². The monoisotopic (exact) mass is 328 g/mol. The van der Waals surface area contributed by atoms with Gasteiger partial charge in [0, 0.05) is 5.56 Å². The maximum absolute atomic E-state index is 12.0. The first kappa shape index (κ1) is 18.1. The number of hydrogen-bond acceptors (Lipinski definition) is 4. The van der Waals surface area contributed by atoms with E-state index >= 15 is 0 Å². The Kier molecular flexibility index (Phi) is 6.07. The van der Waals surface area contributed by atoms with Gasteiger partial charge in [0.15, 0.2) is 0 Å². The van der Waals surface area contributed by atoms with E-state index in [0.717, 1.165) is 0 Å². The normalized spacial score (nSPS) is 12.9. The lowest BCUT2D eigenvalue weighted by Gasteiger charge is -2.16. The number of sulfonamides is 1. The molecule has 0 bridgehead atoms. The zero-order valence-electron chi connectivity index (χ0n) is 12.7. The average Bonchev–Trinajstić information content (AvgIpc) is 2.46. The zero-order chi connectivity index (χ0) is 16.9. The van der Waals surface area contributed by atoms with Crippen molar-refractivity contribution < 1.29 is 23.1 Å². The second-order valence-electron chi connectivity index (χ2n) is 5.23. The molecule has 122 valence electrons. The van der Waals surface area contributed by atoms with Crippen molar-refractivity contribution in [3.8, 4) is 0 Å². The Labute approximate surface area is 129 Å². The Hall–Kier alpha value is -1.93. The predicted octanol–water partition coefficient (Wildman–Crippen LogP) is 0.824. The van der Waals surface area contributed by atoms with Gasteiger partial charge < -0.3 is 10.4 Å². The van der Waals surface area contributed by atoms with Crippen LogP contribution < -0.4 is 10.0 Å². The van der Waals surface area contributed by atoms with Gasteiger partial charge in [-0.1, -0.05) is 13.8 Å². The summed E-state index contributed by atoms with van der Waals surface area (Å²) < 4.78 is 25.3. The van der Waals surface area contributed by atoms with E-state index in [1.165, 1.54) is 31.3 Å². The Morgan fingerprint density at radius 2 is 1.73 bits per heavy atom. The van der Waals surface area contributed by atoms with Gasteiger partial charge in [-0.05, 0) is 43.7 Å². The molecular weight excluding hydrogens is 308 g/mol. The number of carboxylic acids is 1. The standard InChI is InChI=1S/C14H20N2O5S/c1-9(2)8-12(14(18)19)16-13(17)10-4-6-11(7-5-10)22(20,21)15-3/h4-7,9,12,15H,8H2,1-3H3,(H,16,17)(H,18,19)/t12-/m1/s1. The van der Waals surface area contributed by atoms with Crippen molar-refractivity contribution in [2.24, 2.45) is 5.92 Å². The molecule has 8 heteroatoms. The molecule has 0 saturated heterocycles. The number of rotatable bonds is 7. The maximum atomic E-state index is 12.0. The number of nitrogens with one attached hydrogen (secondary N) is 2. The fraction of sp³-hybridized carbons (Fsp3) is 0.429. The van der Waals surface area contributed by atoms with E-state index in [0.29, 0.717) is 6.42 Å². The van der Waals surface area contributed by atoms with Crippen LogP contribution in [0, 0.1) is 5.92 Å². The summed E-state index contributed by atoms with van der Waals surface area (Å²) >= 11 is 0. The van der Waals surface area contributed by atoms with Crippen LogP contribution >= 0.6 is 0 Å². The van der Waals surface area contributed by atoms with Crippen molar-refractivity contribution in [3.63, 3.8) is 0 Å². The van der Waals surface area contributed by atoms with Crippen LogP contribution in [0.2, 0.25) is 0 Å². The molecule has 22 heavy (non-hydrogen) atoms. The van der Waals surface area contributed by atoms with E-state index in [1.807, 2.05) is 13.8 Å². The molecule has 7 nitrogen and oxygen atoms in total. The second kappa shape index (κ2) is 7.37. The topological polar surface area (TPSA) is 113 Å². The molecule has 1 rings (SSSR count). The predicted molar refractivity (Wildman–Crippen MR) is 81.0 cm³/mol. The average molecular weight is 328 g/mol. The summed E-state index contributed by atoms with van der Waals surface area (Å²) in [6.45, 7) is 3.72. The minimum Gasteiger partial charge on any atom is -0.480 e. The van der Waals surface area contributed by atoms with E-state index in [4.69, 9.17) is 5.11 Å². The summed E-state index contributed by atoms with van der Waals surface area (Å²) in [7, 11) is -2.28. The summed E-state index contributed by atoms with van der Waals surface area (Å²) in [6, 6.07) is 4.29. The summed E-state index contributed by atoms with van der Waals surface area (Å²) in [5.41, 5.74) is 0.199. The molecule has 1 atom stereocenters. The smallest absolute Gasteiger partial charge is 0.326 e. The van der Waals surface area contributed by atoms with Crippen LogP contribution in [0.25, 0.3) is 0 Å². The molecule has 1 aromatic rings. The number of carbonyl (C=O) groups is 2. The van der Waals surface area contributed by atoms with E-state index in [-0.39, 0.29) is 16.4 Å². The van der Waals surface area contributed by atoms with Crippen LogP contribution in [0.3, 0.4) is 0 Å². The van der Waals surface area contributed by atoms with Crippen LogP contribution in [-0.4, -0.2) is 38.5 Å². The van der Waals surface area contributed by atoms with Crippen molar-refractivity contribution in [1.82, 2.24) is 10.0 Å². The third-order valence-electron chi connectivity index (χ3n) is 3.01. The highest BCUT2D eigenvalue weighted by Gasteiger charge is 2.22. The Balaban J connectivity index is 2.88. The molecule has 0 radical (unpaired) electrons. The third-order valence-corrected chi connectivity index (χ3v) is 4.44. The molecule has 0 spiro atoms. The van der Waals surface area contributed by atoms with Gasteiger partial charge in [0.2, 0.25) is 10.0 Å². The lowest BCUT2D eigenvalue weighted by atomic mass is 10.0. The molecule has 0 aliphatic heterocycles. The van der Waals surface area contributed by atoms with Crippen LogP contribution in [-0.2, 0) is 14.8 Å². The molecule has 0 unspecified atom stereocenters. The van der Waals surface area contributed by atoms with E-state index in [2.05, 4.69) is 10.0 Å². The largest absolute Gasteiger partial charge is 0.480 e. The van der Waals surface area contributed by atoms with Gasteiger partial charge in [0.25, 0.3) is 5.91 Å². The first-order chi connectivity index (χ1) is 10.2. The minimum atomic E-state index is -3.57. The van der Waals surface area contributed by atoms with Crippen LogP contribution in [0.1, 0.15) is 30.6 Å². The van der Waals surface area contributed by atoms with Gasteiger partial charge in [-0.2, -0.15) is 0 Å². The Morgan fingerprint density at radius 1 is 1.18 bits per heavy atom. The summed E-state index contributed by atoms with van der Waals surface area (Å²) in [6.07, 6.45) is 0.313. The van der Waals surface area contributed by atoms with Gasteiger partial charge in [0.05, 0.1) is 4.90 Å². The van der Waals surface area contributed by atoms with Gasteiger partial charge in [-0.15, -0.1) is 0 Å². The highest BCUT2D eigenvalue weighted by atomic mass is 32.2. The van der Waals surface area contributed by atoms with E-state index in [1.54, 1.807) is 0 Å². The Bertz CT molecular complexity index is 638. The number of aliphatic carboxylic acids is 1. The van der Waals surface area contributed by atoms with E-state index < -0.39 is 27.9 Å². The van der Waals surface area contributed by atoms with Crippen molar-refractivity contribution in [3.05, 3.63) is 29.8 Å². The van der Waals surface area contributed by atoms with Crippen LogP contribution in [0.5, 0.6) is 0 Å². The van der Waals surface area contributed by atoms with Crippen molar-refractivity contribution in [1.29, 1.82) is 0 Å². The first-order valence-corrected chi connectivity index (χ1v) is 8.23. The molecule has 0 saturated carbocycles. The molecular formula is C14H20N2O5S. The highest BCUT2D eigenvalue weighted by Crippen LogP contribution is 2.11. The zero-order valence-corrected chi connectivity index (χ0v) is 13.5. The number of benzene rings is 1. The summed E-state index contributed by atoms with van der Waals surface area (Å²) in [5, 5.41) is 11.5. The SMILES string of the molecule is CNS(=O)(=O)c1ccc(C(=O)N[C@H](CC(C)C)C(=O)O)cc1. The van der Waals surface area contributed by atoms with Crippen LogP contribution in [0.4, 0.5) is 0 Å². The third kappa shape index (κ3) is 4.81. The molecule has 0 fully saturated rings. The molecule has 0 aliphatic carbocycles. The van der Waals surface area contributed by atoms with Crippen LogP contribution in [0.15, 0.2) is 29.2 Å². The highest BCUT2D eigenvalue weighted by molar-refractivity contribution is 7.89. The summed E-state index contributed by atoms with van der Waals surface area (Å²) in [5.74, 6) is -1.54. The fourth-order valence-corrected chi connectivity index (χ4v) is 2.57. The van der Waals surface area contributed by atoms with Gasteiger partial charge in [-0.3, -0.25) is 4.79 Å². The molecule has 1 amide bonds. The maximum Gasteiger partial charge on any atom is 0.326 e. The minimum absolute atomic E-state index is 0.0310. The molecule has 0 aliphatic rings. The lowest BCUT2D eigenvalue weighted by molar-refractivity contribution is -0.139. The molecule has 0 aromatic heterocycles. The molecule has 3 N–H and O–H groups in total. The quantitative estimate of drug-likeness (QED) is 0.686. The lowest BCUT2D eigenvalue weighted by Crippen LogP contribution is -2.41. The molecule has 1 aromatic carbocycles.